The van der Waals surface area contributed by atoms with Crippen LogP contribution in [0, 0.1) is 5.92 Å². The lowest BCUT2D eigenvalue weighted by Crippen LogP contribution is -2.42. The zero-order chi connectivity index (χ0) is 12.5. The maximum absolute atomic E-state index is 11.4. The van der Waals surface area contributed by atoms with Gasteiger partial charge in [-0.3, -0.25) is 16.0 Å². The predicted octanol–water partition coefficient (Wildman–Crippen LogP) is -0.771. The van der Waals surface area contributed by atoms with E-state index in [2.05, 4.69) is 10.5 Å². The molecule has 1 aliphatic heterocycles. The smallest absolute Gasteiger partial charge is 0.150 e. The lowest BCUT2D eigenvalue weighted by atomic mass is 9.95. The highest BCUT2D eigenvalue weighted by Crippen LogP contribution is 2.23. The van der Waals surface area contributed by atoms with Crippen LogP contribution >= 0.6 is 0 Å². The van der Waals surface area contributed by atoms with Crippen molar-refractivity contribution < 1.29 is 8.42 Å². The van der Waals surface area contributed by atoms with Crippen LogP contribution in [0.5, 0.6) is 0 Å². The molecule has 7 heteroatoms. The Morgan fingerprint density at radius 2 is 2.47 bits per heavy atom. The first-order valence-corrected chi connectivity index (χ1v) is 7.46. The molecule has 2 rings (SSSR count). The average molecular weight is 258 g/mol. The van der Waals surface area contributed by atoms with Crippen molar-refractivity contribution in [3.63, 3.8) is 0 Å². The van der Waals surface area contributed by atoms with Crippen molar-refractivity contribution in [3.05, 3.63) is 18.0 Å². The lowest BCUT2D eigenvalue weighted by molar-refractivity contribution is 0.385. The van der Waals surface area contributed by atoms with Crippen molar-refractivity contribution in [3.8, 4) is 0 Å². The summed E-state index contributed by atoms with van der Waals surface area (Å²) in [4.78, 5) is 0. The number of hydrogen-bond acceptors (Lipinski definition) is 5. The molecular weight excluding hydrogens is 240 g/mol. The predicted molar refractivity (Wildman–Crippen MR) is 64.8 cm³/mol. The van der Waals surface area contributed by atoms with Crippen LogP contribution < -0.4 is 11.3 Å². The Balaban J connectivity index is 2.02. The van der Waals surface area contributed by atoms with Gasteiger partial charge in [0.25, 0.3) is 0 Å². The molecule has 3 N–H and O–H groups in total. The highest BCUT2D eigenvalue weighted by atomic mass is 32.2. The summed E-state index contributed by atoms with van der Waals surface area (Å²) < 4.78 is 24.6. The van der Waals surface area contributed by atoms with Crippen molar-refractivity contribution >= 4 is 9.84 Å². The van der Waals surface area contributed by atoms with E-state index < -0.39 is 9.84 Å². The molecule has 96 valence electrons. The van der Waals surface area contributed by atoms with E-state index in [1.165, 1.54) is 0 Å². The van der Waals surface area contributed by atoms with Gasteiger partial charge in [-0.15, -0.1) is 0 Å². The van der Waals surface area contributed by atoms with E-state index in [0.717, 1.165) is 5.56 Å². The molecule has 0 spiro atoms. The maximum atomic E-state index is 11.4. The summed E-state index contributed by atoms with van der Waals surface area (Å²) in [7, 11) is -0.998. The molecular formula is C10H18N4O2S. The van der Waals surface area contributed by atoms with Crippen molar-refractivity contribution in [1.82, 2.24) is 15.2 Å². The van der Waals surface area contributed by atoms with E-state index in [1.54, 1.807) is 10.9 Å². The van der Waals surface area contributed by atoms with Crippen LogP contribution in [-0.4, -0.2) is 35.7 Å². The first-order valence-electron chi connectivity index (χ1n) is 5.64. The molecule has 0 radical (unpaired) electrons. The van der Waals surface area contributed by atoms with Crippen molar-refractivity contribution in [2.75, 3.05) is 11.5 Å². The third kappa shape index (κ3) is 3.05. The van der Waals surface area contributed by atoms with Crippen LogP contribution in [0.4, 0.5) is 0 Å². The van der Waals surface area contributed by atoms with Crippen molar-refractivity contribution in [1.29, 1.82) is 0 Å². The Kier molecular flexibility index (Phi) is 3.50. The zero-order valence-corrected chi connectivity index (χ0v) is 10.7. The standard InChI is InChI=1S/C10H18N4O2S/c1-14-6-8(5-12-14)4-10(13-11)9-2-3-17(15,16)7-9/h5-6,9-10,13H,2-4,7,11H2,1H3. The summed E-state index contributed by atoms with van der Waals surface area (Å²) in [6.45, 7) is 0. The van der Waals surface area contributed by atoms with Gasteiger partial charge in [-0.25, -0.2) is 8.42 Å². The van der Waals surface area contributed by atoms with Gasteiger partial charge in [0.15, 0.2) is 9.84 Å². The number of rotatable bonds is 4. The fourth-order valence-electron chi connectivity index (χ4n) is 2.33. The molecule has 1 aliphatic rings. The Hall–Kier alpha value is -0.920. The SMILES string of the molecule is Cn1cc(CC(NN)C2CCS(=O)(=O)C2)cn1. The number of hydrazine groups is 1. The minimum Gasteiger partial charge on any atom is -0.276 e. The van der Waals surface area contributed by atoms with Crippen LogP contribution in [0.25, 0.3) is 0 Å². The number of nitrogens with one attached hydrogen (secondary N) is 1. The topological polar surface area (TPSA) is 90.0 Å². The lowest BCUT2D eigenvalue weighted by Gasteiger charge is -2.20. The van der Waals surface area contributed by atoms with Crippen LogP contribution in [0.2, 0.25) is 0 Å². The number of aryl methyl sites for hydroxylation is 1. The summed E-state index contributed by atoms with van der Waals surface area (Å²) in [5.41, 5.74) is 3.81. The highest BCUT2D eigenvalue weighted by molar-refractivity contribution is 7.91. The zero-order valence-electron chi connectivity index (χ0n) is 9.83. The summed E-state index contributed by atoms with van der Waals surface area (Å²) in [6, 6.07) is -0.00326. The minimum atomic E-state index is -2.85. The van der Waals surface area contributed by atoms with Crippen LogP contribution in [-0.2, 0) is 23.3 Å². The fourth-order valence-corrected chi connectivity index (χ4v) is 4.21. The molecule has 2 atom stereocenters. The third-order valence-electron chi connectivity index (χ3n) is 3.26. The number of sulfone groups is 1. The monoisotopic (exact) mass is 258 g/mol. The first-order chi connectivity index (χ1) is 8.00. The van der Waals surface area contributed by atoms with Gasteiger partial charge in [0.1, 0.15) is 0 Å². The molecule has 0 aliphatic carbocycles. The van der Waals surface area contributed by atoms with Crippen molar-refractivity contribution in [2.24, 2.45) is 18.8 Å². The van der Waals surface area contributed by atoms with Gasteiger partial charge in [0.2, 0.25) is 0 Å². The van der Waals surface area contributed by atoms with Gasteiger partial charge in [-0.05, 0) is 24.3 Å². The van der Waals surface area contributed by atoms with Crippen LogP contribution in [0.1, 0.15) is 12.0 Å². The van der Waals surface area contributed by atoms with Gasteiger partial charge in [0, 0.05) is 19.3 Å². The molecule has 2 unspecified atom stereocenters. The van der Waals surface area contributed by atoms with Crippen LogP contribution in [0.15, 0.2) is 12.4 Å². The van der Waals surface area contributed by atoms with Crippen molar-refractivity contribution in [2.45, 2.75) is 18.9 Å². The number of aromatic nitrogens is 2. The Bertz CT molecular complexity index is 482. The molecule has 0 saturated carbocycles. The molecule has 0 bridgehead atoms. The molecule has 0 amide bonds. The molecule has 2 heterocycles. The number of nitrogens with two attached hydrogens (primary N) is 1. The molecule has 1 aromatic rings. The van der Waals surface area contributed by atoms with Gasteiger partial charge in [0.05, 0.1) is 17.7 Å². The van der Waals surface area contributed by atoms with E-state index in [-0.39, 0.29) is 23.5 Å². The van der Waals surface area contributed by atoms with Gasteiger partial charge < -0.3 is 0 Å². The second kappa shape index (κ2) is 4.75. The fraction of sp³-hybridized carbons (Fsp3) is 0.700. The van der Waals surface area contributed by atoms with E-state index >= 15 is 0 Å². The molecule has 0 aromatic carbocycles. The Labute approximate surface area is 101 Å². The second-order valence-electron chi connectivity index (χ2n) is 4.66. The Morgan fingerprint density at radius 3 is 2.94 bits per heavy atom. The Morgan fingerprint density at radius 1 is 1.71 bits per heavy atom. The summed E-state index contributed by atoms with van der Waals surface area (Å²) in [6.07, 6.45) is 5.11. The number of nitrogens with zero attached hydrogens (tertiary/aromatic N) is 2. The van der Waals surface area contributed by atoms with E-state index in [4.69, 9.17) is 5.84 Å². The molecule has 1 aromatic heterocycles. The van der Waals surface area contributed by atoms with E-state index in [0.29, 0.717) is 12.8 Å². The van der Waals surface area contributed by atoms with Crippen LogP contribution in [0.3, 0.4) is 0 Å². The summed E-state index contributed by atoms with van der Waals surface area (Å²) in [5, 5.41) is 4.09. The maximum Gasteiger partial charge on any atom is 0.150 e. The molecule has 1 saturated heterocycles. The summed E-state index contributed by atoms with van der Waals surface area (Å²) in [5.74, 6) is 6.14. The molecule has 6 nitrogen and oxygen atoms in total. The van der Waals surface area contributed by atoms with Gasteiger partial charge >= 0.3 is 0 Å². The van der Waals surface area contributed by atoms with Gasteiger partial charge in [-0.2, -0.15) is 5.10 Å². The quantitative estimate of drug-likeness (QED) is 0.547. The largest absolute Gasteiger partial charge is 0.276 e. The molecule has 17 heavy (non-hydrogen) atoms. The number of hydrogen-bond donors (Lipinski definition) is 2. The van der Waals surface area contributed by atoms with Gasteiger partial charge in [-0.1, -0.05) is 0 Å². The normalized spacial score (nSPS) is 24.9. The van der Waals surface area contributed by atoms with E-state index in [1.807, 2.05) is 13.2 Å². The average Bonchev–Trinajstić information content (AvgIpc) is 2.81. The highest BCUT2D eigenvalue weighted by Gasteiger charge is 2.33. The molecule has 1 fully saturated rings. The summed E-state index contributed by atoms with van der Waals surface area (Å²) >= 11 is 0. The van der Waals surface area contributed by atoms with E-state index in [9.17, 15) is 8.42 Å². The third-order valence-corrected chi connectivity index (χ3v) is 5.06. The second-order valence-corrected chi connectivity index (χ2v) is 6.89. The minimum absolute atomic E-state index is 0.00326. The first kappa shape index (κ1) is 12.5.